The summed E-state index contributed by atoms with van der Waals surface area (Å²) in [5.41, 5.74) is 2.94. The number of rotatable bonds is 8. The lowest BCUT2D eigenvalue weighted by Crippen LogP contribution is -2.35. The van der Waals surface area contributed by atoms with E-state index in [0.29, 0.717) is 12.6 Å². The molecule has 0 unspecified atom stereocenters. The minimum Gasteiger partial charge on any atom is -0.396 e. The van der Waals surface area contributed by atoms with Crippen molar-refractivity contribution in [3.8, 4) is 0 Å². The van der Waals surface area contributed by atoms with Gasteiger partial charge in [-0.2, -0.15) is 0 Å². The van der Waals surface area contributed by atoms with Crippen molar-refractivity contribution in [3.05, 3.63) is 41.5 Å². The minimum absolute atomic E-state index is 0.357. The van der Waals surface area contributed by atoms with E-state index in [1.807, 2.05) is 0 Å². The number of nitrogens with one attached hydrogen (secondary N) is 1. The summed E-state index contributed by atoms with van der Waals surface area (Å²) in [4.78, 5) is 0. The van der Waals surface area contributed by atoms with E-state index in [0.717, 1.165) is 30.7 Å². The van der Waals surface area contributed by atoms with Gasteiger partial charge in [0.05, 0.1) is 0 Å². The van der Waals surface area contributed by atoms with Gasteiger partial charge in [0.2, 0.25) is 0 Å². The van der Waals surface area contributed by atoms with Gasteiger partial charge < -0.3 is 10.4 Å². The van der Waals surface area contributed by atoms with Crippen molar-refractivity contribution in [2.45, 2.75) is 70.4 Å². The Morgan fingerprint density at radius 1 is 1.17 bits per heavy atom. The van der Waals surface area contributed by atoms with E-state index < -0.39 is 0 Å². The van der Waals surface area contributed by atoms with Crippen molar-refractivity contribution in [1.29, 1.82) is 0 Å². The van der Waals surface area contributed by atoms with Crippen molar-refractivity contribution < 1.29 is 5.11 Å². The van der Waals surface area contributed by atoms with Gasteiger partial charge in [0.1, 0.15) is 0 Å². The van der Waals surface area contributed by atoms with Gasteiger partial charge in [0.15, 0.2) is 0 Å². The highest BCUT2D eigenvalue weighted by Crippen LogP contribution is 2.41. The Kier molecular flexibility index (Phi) is 6.51. The summed E-state index contributed by atoms with van der Waals surface area (Å²) in [6, 6.07) is 12.2. The van der Waals surface area contributed by atoms with Gasteiger partial charge in [-0.3, -0.25) is 0 Å². The lowest BCUT2D eigenvalue weighted by atomic mass is 9.83. The Labute approximate surface area is 147 Å². The first-order chi connectivity index (χ1) is 11.8. The van der Waals surface area contributed by atoms with Crippen LogP contribution in [-0.4, -0.2) is 23.8 Å². The van der Waals surface area contributed by atoms with Crippen LogP contribution in [0.2, 0.25) is 0 Å². The zero-order valence-electron chi connectivity index (χ0n) is 15.1. The van der Waals surface area contributed by atoms with Crippen molar-refractivity contribution >= 4 is 6.08 Å². The minimum atomic E-state index is 0.357. The maximum atomic E-state index is 8.97. The fraction of sp³-hybridized carbons (Fsp3) is 0.636. The zero-order valence-corrected chi connectivity index (χ0v) is 15.1. The van der Waals surface area contributed by atoms with Crippen molar-refractivity contribution in [1.82, 2.24) is 5.32 Å². The van der Waals surface area contributed by atoms with Crippen LogP contribution in [-0.2, 0) is 0 Å². The summed E-state index contributed by atoms with van der Waals surface area (Å²) in [5.74, 6) is 1.61. The second-order valence-electron chi connectivity index (χ2n) is 7.68. The molecular formula is C22H33NO. The fourth-order valence-electron chi connectivity index (χ4n) is 4.32. The van der Waals surface area contributed by atoms with Crippen molar-refractivity contribution in [2.75, 3.05) is 6.61 Å². The second kappa shape index (κ2) is 8.82. The highest BCUT2D eigenvalue weighted by Gasteiger charge is 2.40. The van der Waals surface area contributed by atoms with Crippen LogP contribution in [0.25, 0.3) is 6.08 Å². The monoisotopic (exact) mass is 327 g/mol. The van der Waals surface area contributed by atoms with Crippen LogP contribution in [0.3, 0.4) is 0 Å². The van der Waals surface area contributed by atoms with Gasteiger partial charge in [-0.15, -0.1) is 0 Å². The molecule has 0 amide bonds. The molecule has 2 heteroatoms. The van der Waals surface area contributed by atoms with Gasteiger partial charge in [0, 0.05) is 18.7 Å². The first-order valence-corrected chi connectivity index (χ1v) is 9.92. The molecule has 2 atom stereocenters. The molecule has 0 aromatic heterocycles. The average Bonchev–Trinajstić information content (AvgIpc) is 3.39. The van der Waals surface area contributed by atoms with Crippen molar-refractivity contribution in [2.24, 2.45) is 11.8 Å². The summed E-state index contributed by atoms with van der Waals surface area (Å²) in [6.07, 6.45) is 12.4. The largest absolute Gasteiger partial charge is 0.396 e. The molecule has 0 heterocycles. The first kappa shape index (κ1) is 17.7. The average molecular weight is 328 g/mol. The quantitative estimate of drug-likeness (QED) is 0.719. The van der Waals surface area contributed by atoms with Crippen LogP contribution in [0.1, 0.15) is 63.9 Å². The van der Waals surface area contributed by atoms with Gasteiger partial charge in [-0.05, 0) is 68.8 Å². The molecule has 2 aliphatic rings. The molecule has 0 spiro atoms. The maximum absolute atomic E-state index is 8.97. The molecule has 2 aliphatic carbocycles. The van der Waals surface area contributed by atoms with E-state index in [9.17, 15) is 0 Å². The lowest BCUT2D eigenvalue weighted by Gasteiger charge is -2.29. The normalized spacial score (nSPS) is 30.3. The zero-order chi connectivity index (χ0) is 16.8. The van der Waals surface area contributed by atoms with Crippen LogP contribution in [0, 0.1) is 11.8 Å². The molecule has 2 N–H and O–H groups in total. The molecule has 1 aromatic rings. The van der Waals surface area contributed by atoms with Crippen LogP contribution >= 0.6 is 0 Å². The van der Waals surface area contributed by atoms with E-state index in [1.54, 1.807) is 5.57 Å². The highest BCUT2D eigenvalue weighted by molar-refractivity contribution is 5.54. The molecule has 2 nitrogen and oxygen atoms in total. The van der Waals surface area contributed by atoms with Crippen LogP contribution in [0.15, 0.2) is 35.9 Å². The Morgan fingerprint density at radius 2 is 1.92 bits per heavy atom. The lowest BCUT2D eigenvalue weighted by molar-refractivity contribution is 0.236. The van der Waals surface area contributed by atoms with Crippen molar-refractivity contribution in [3.63, 3.8) is 0 Å². The number of benzene rings is 1. The molecule has 2 fully saturated rings. The molecule has 132 valence electrons. The Balaban J connectivity index is 1.45. The predicted molar refractivity (Wildman–Crippen MR) is 102 cm³/mol. The molecule has 0 aliphatic heterocycles. The van der Waals surface area contributed by atoms with Crippen LogP contribution in [0.4, 0.5) is 0 Å². The summed E-state index contributed by atoms with van der Waals surface area (Å²) >= 11 is 0. The smallest absolute Gasteiger partial charge is 0.0431 e. The van der Waals surface area contributed by atoms with Gasteiger partial charge in [-0.1, -0.05) is 48.9 Å². The summed E-state index contributed by atoms with van der Waals surface area (Å²) in [7, 11) is 0. The predicted octanol–water partition coefficient (Wildman–Crippen LogP) is 4.79. The third kappa shape index (κ3) is 4.94. The van der Waals surface area contributed by atoms with Crippen LogP contribution in [0.5, 0.6) is 0 Å². The first-order valence-electron chi connectivity index (χ1n) is 9.92. The molecule has 24 heavy (non-hydrogen) atoms. The third-order valence-corrected chi connectivity index (χ3v) is 5.89. The topological polar surface area (TPSA) is 32.3 Å². The Bertz CT molecular complexity index is 516. The SMILES string of the molecule is CC/C(=C\c1ccccc1)[C@@H]1C[C@H]1NC1CCC(CCCO)CC1. The standard InChI is InChI=1S/C22H33NO/c1-2-19(15-18-7-4-3-5-8-18)21-16-22(21)23-20-12-10-17(11-13-20)9-6-14-24/h3-5,7-8,15,17,20-24H,2,6,9-14,16H2,1H3/b19-15+/t17?,20?,21-,22+/m0/s1. The van der Waals surface area contributed by atoms with E-state index in [-0.39, 0.29) is 0 Å². The molecule has 3 rings (SSSR count). The summed E-state index contributed by atoms with van der Waals surface area (Å²) in [6.45, 7) is 2.64. The van der Waals surface area contributed by atoms with Gasteiger partial charge in [-0.25, -0.2) is 0 Å². The maximum Gasteiger partial charge on any atom is 0.0431 e. The van der Waals surface area contributed by atoms with Gasteiger partial charge in [0.25, 0.3) is 0 Å². The van der Waals surface area contributed by atoms with E-state index in [1.165, 1.54) is 44.1 Å². The van der Waals surface area contributed by atoms with E-state index >= 15 is 0 Å². The Hall–Kier alpha value is -1.12. The van der Waals surface area contributed by atoms with E-state index in [4.69, 9.17) is 5.11 Å². The molecule has 1 aromatic carbocycles. The Morgan fingerprint density at radius 3 is 2.58 bits per heavy atom. The van der Waals surface area contributed by atoms with Crippen LogP contribution < -0.4 is 5.32 Å². The molecule has 2 saturated carbocycles. The number of hydrogen-bond acceptors (Lipinski definition) is 2. The summed E-state index contributed by atoms with van der Waals surface area (Å²) < 4.78 is 0. The number of hydrogen-bond donors (Lipinski definition) is 2. The highest BCUT2D eigenvalue weighted by atomic mass is 16.2. The van der Waals surface area contributed by atoms with E-state index in [2.05, 4.69) is 48.6 Å². The number of aliphatic hydroxyl groups excluding tert-OH is 1. The van der Waals surface area contributed by atoms with Gasteiger partial charge >= 0.3 is 0 Å². The fourth-order valence-corrected chi connectivity index (χ4v) is 4.32. The summed E-state index contributed by atoms with van der Waals surface area (Å²) in [5, 5.41) is 12.9. The second-order valence-corrected chi connectivity index (χ2v) is 7.68. The molecule has 0 radical (unpaired) electrons. The molecular weight excluding hydrogens is 294 g/mol. The third-order valence-electron chi connectivity index (χ3n) is 5.89. The number of aliphatic hydroxyl groups is 1. The molecule has 0 saturated heterocycles. The molecule has 0 bridgehead atoms.